The quantitative estimate of drug-likeness (QED) is 0.731. The average molecular weight is 333 g/mol. The van der Waals surface area contributed by atoms with Crippen LogP contribution in [0.2, 0.25) is 0 Å². The highest BCUT2D eigenvalue weighted by molar-refractivity contribution is 5.95. The predicted molar refractivity (Wildman–Crippen MR) is 95.2 cm³/mol. The molecule has 0 aliphatic carbocycles. The molecule has 3 heterocycles. The van der Waals surface area contributed by atoms with Gasteiger partial charge in [-0.15, -0.1) is 0 Å². The molecule has 25 heavy (non-hydrogen) atoms. The molecule has 5 nitrogen and oxygen atoms in total. The number of furan rings is 1. The number of nitrogens with zero attached hydrogens (tertiary/aromatic N) is 3. The summed E-state index contributed by atoms with van der Waals surface area (Å²) < 4.78 is 5.42. The molecule has 1 amide bonds. The molecule has 0 radical (unpaired) electrons. The minimum Gasteiger partial charge on any atom is -0.467 e. The van der Waals surface area contributed by atoms with E-state index < -0.39 is 0 Å². The van der Waals surface area contributed by atoms with Gasteiger partial charge in [-0.2, -0.15) is 0 Å². The minimum absolute atomic E-state index is 0.0668. The molecule has 1 aliphatic heterocycles. The fourth-order valence-corrected chi connectivity index (χ4v) is 3.22. The number of benzene rings is 1. The van der Waals surface area contributed by atoms with Crippen molar-refractivity contribution in [3.8, 4) is 11.4 Å². The van der Waals surface area contributed by atoms with Gasteiger partial charge in [0.2, 0.25) is 5.91 Å². The van der Waals surface area contributed by atoms with E-state index in [1.54, 1.807) is 11.2 Å². The summed E-state index contributed by atoms with van der Waals surface area (Å²) in [5.41, 5.74) is 4.09. The molecule has 0 unspecified atom stereocenters. The number of anilines is 1. The maximum absolute atomic E-state index is 12.5. The van der Waals surface area contributed by atoms with Crippen molar-refractivity contribution in [3.63, 3.8) is 0 Å². The number of fused-ring (bicyclic) bond motifs is 1. The van der Waals surface area contributed by atoms with Crippen LogP contribution < -0.4 is 4.90 Å². The fourth-order valence-electron chi connectivity index (χ4n) is 3.22. The van der Waals surface area contributed by atoms with E-state index in [-0.39, 0.29) is 5.91 Å². The second-order valence-corrected chi connectivity index (χ2v) is 6.36. The molecular weight excluding hydrogens is 314 g/mol. The Morgan fingerprint density at radius 3 is 2.76 bits per heavy atom. The summed E-state index contributed by atoms with van der Waals surface area (Å²) in [7, 11) is 0. The van der Waals surface area contributed by atoms with Gasteiger partial charge in [0.25, 0.3) is 0 Å². The summed E-state index contributed by atoms with van der Waals surface area (Å²) in [6, 6.07) is 11.8. The molecule has 0 atom stereocenters. The Morgan fingerprint density at radius 2 is 2.00 bits per heavy atom. The van der Waals surface area contributed by atoms with Gasteiger partial charge in [0.1, 0.15) is 11.6 Å². The average Bonchev–Trinajstić information content (AvgIpc) is 3.10. The van der Waals surface area contributed by atoms with Crippen LogP contribution in [0.1, 0.15) is 29.0 Å². The topological polar surface area (TPSA) is 59.2 Å². The zero-order valence-electron chi connectivity index (χ0n) is 14.3. The summed E-state index contributed by atoms with van der Waals surface area (Å²) in [5.74, 6) is 2.17. The Kier molecular flexibility index (Phi) is 3.84. The summed E-state index contributed by atoms with van der Waals surface area (Å²) in [5, 5.41) is 0. The molecule has 0 spiro atoms. The number of carbonyl (C=O) groups is 1. The van der Waals surface area contributed by atoms with Gasteiger partial charge in [0.15, 0.2) is 5.82 Å². The standard InChI is InChI=1S/C20H19N3O2/c1-13-5-3-6-15(11-13)19-21-14(2)17-8-9-18(24)23(20(17)22-19)12-16-7-4-10-25-16/h3-7,10-11H,8-9,12H2,1-2H3. The van der Waals surface area contributed by atoms with E-state index in [1.165, 1.54) is 0 Å². The van der Waals surface area contributed by atoms with Crippen LogP contribution in [-0.2, 0) is 17.8 Å². The van der Waals surface area contributed by atoms with Crippen LogP contribution in [0.25, 0.3) is 11.4 Å². The van der Waals surface area contributed by atoms with E-state index >= 15 is 0 Å². The Morgan fingerprint density at radius 1 is 1.12 bits per heavy atom. The van der Waals surface area contributed by atoms with Crippen molar-refractivity contribution in [2.75, 3.05) is 4.90 Å². The van der Waals surface area contributed by atoms with E-state index in [9.17, 15) is 4.79 Å². The van der Waals surface area contributed by atoms with Crippen LogP contribution in [0.15, 0.2) is 47.1 Å². The Bertz CT molecular complexity index is 932. The van der Waals surface area contributed by atoms with E-state index in [0.29, 0.717) is 31.0 Å². The lowest BCUT2D eigenvalue weighted by molar-refractivity contribution is -0.119. The number of hydrogen-bond donors (Lipinski definition) is 0. The molecule has 4 rings (SSSR count). The highest BCUT2D eigenvalue weighted by Crippen LogP contribution is 2.31. The lowest BCUT2D eigenvalue weighted by Gasteiger charge is -2.28. The first kappa shape index (κ1) is 15.6. The summed E-state index contributed by atoms with van der Waals surface area (Å²) in [6.07, 6.45) is 2.78. The molecule has 1 aliphatic rings. The third-order valence-electron chi connectivity index (χ3n) is 4.51. The summed E-state index contributed by atoms with van der Waals surface area (Å²) in [6.45, 7) is 4.42. The van der Waals surface area contributed by atoms with Gasteiger partial charge in [-0.05, 0) is 38.5 Å². The van der Waals surface area contributed by atoms with Crippen LogP contribution >= 0.6 is 0 Å². The molecular formula is C20H19N3O2. The molecule has 2 aromatic heterocycles. The molecule has 0 fully saturated rings. The first-order valence-electron chi connectivity index (χ1n) is 8.39. The number of aryl methyl sites for hydroxylation is 2. The summed E-state index contributed by atoms with van der Waals surface area (Å²) >= 11 is 0. The number of hydrogen-bond acceptors (Lipinski definition) is 4. The van der Waals surface area contributed by atoms with E-state index in [2.05, 4.69) is 11.1 Å². The third-order valence-corrected chi connectivity index (χ3v) is 4.51. The van der Waals surface area contributed by atoms with Crippen molar-refractivity contribution in [2.24, 2.45) is 0 Å². The maximum Gasteiger partial charge on any atom is 0.228 e. The van der Waals surface area contributed by atoms with Crippen LogP contribution in [0.3, 0.4) is 0 Å². The van der Waals surface area contributed by atoms with Gasteiger partial charge in [-0.3, -0.25) is 9.69 Å². The van der Waals surface area contributed by atoms with Crippen LogP contribution in [0, 0.1) is 13.8 Å². The largest absolute Gasteiger partial charge is 0.467 e. The second kappa shape index (κ2) is 6.16. The normalized spacial score (nSPS) is 13.8. The van der Waals surface area contributed by atoms with Crippen molar-refractivity contribution in [1.29, 1.82) is 0 Å². The van der Waals surface area contributed by atoms with Gasteiger partial charge in [0.05, 0.1) is 12.8 Å². The third kappa shape index (κ3) is 2.93. The zero-order valence-corrected chi connectivity index (χ0v) is 14.3. The van der Waals surface area contributed by atoms with Crippen molar-refractivity contribution in [3.05, 3.63) is 65.2 Å². The van der Waals surface area contributed by atoms with Gasteiger partial charge < -0.3 is 4.42 Å². The SMILES string of the molecule is Cc1cccc(-c2nc(C)c3c(n2)N(Cc2ccco2)C(=O)CC3)c1. The summed E-state index contributed by atoms with van der Waals surface area (Å²) in [4.78, 5) is 23.7. The first-order chi connectivity index (χ1) is 12.1. The highest BCUT2D eigenvalue weighted by atomic mass is 16.3. The van der Waals surface area contributed by atoms with Gasteiger partial charge in [-0.25, -0.2) is 9.97 Å². The van der Waals surface area contributed by atoms with Crippen molar-refractivity contribution in [1.82, 2.24) is 9.97 Å². The Labute approximate surface area is 146 Å². The van der Waals surface area contributed by atoms with Gasteiger partial charge in [-0.1, -0.05) is 23.8 Å². The minimum atomic E-state index is 0.0668. The van der Waals surface area contributed by atoms with E-state index in [0.717, 1.165) is 28.1 Å². The highest BCUT2D eigenvalue weighted by Gasteiger charge is 2.28. The number of aromatic nitrogens is 2. The number of rotatable bonds is 3. The maximum atomic E-state index is 12.5. The number of carbonyl (C=O) groups excluding carboxylic acids is 1. The molecule has 1 aromatic carbocycles. The fraction of sp³-hybridized carbons (Fsp3) is 0.250. The zero-order chi connectivity index (χ0) is 17.4. The monoisotopic (exact) mass is 333 g/mol. The predicted octanol–water partition coefficient (Wildman–Crippen LogP) is 3.83. The molecule has 3 aromatic rings. The van der Waals surface area contributed by atoms with Crippen molar-refractivity contribution in [2.45, 2.75) is 33.2 Å². The van der Waals surface area contributed by atoms with Gasteiger partial charge in [0, 0.05) is 23.2 Å². The van der Waals surface area contributed by atoms with Crippen LogP contribution in [0.5, 0.6) is 0 Å². The smallest absolute Gasteiger partial charge is 0.228 e. The molecule has 0 bridgehead atoms. The Hall–Kier alpha value is -2.95. The van der Waals surface area contributed by atoms with Gasteiger partial charge >= 0.3 is 0 Å². The first-order valence-corrected chi connectivity index (χ1v) is 8.39. The van der Waals surface area contributed by atoms with E-state index in [4.69, 9.17) is 9.40 Å². The molecule has 5 heteroatoms. The second-order valence-electron chi connectivity index (χ2n) is 6.36. The lowest BCUT2D eigenvalue weighted by Crippen LogP contribution is -2.36. The molecule has 0 saturated carbocycles. The Balaban J connectivity index is 1.81. The molecule has 126 valence electrons. The lowest BCUT2D eigenvalue weighted by atomic mass is 10.0. The number of amides is 1. The van der Waals surface area contributed by atoms with Crippen LogP contribution in [-0.4, -0.2) is 15.9 Å². The van der Waals surface area contributed by atoms with Crippen molar-refractivity contribution >= 4 is 11.7 Å². The molecule has 0 saturated heterocycles. The van der Waals surface area contributed by atoms with Crippen molar-refractivity contribution < 1.29 is 9.21 Å². The van der Waals surface area contributed by atoms with E-state index in [1.807, 2.05) is 44.2 Å². The molecule has 0 N–H and O–H groups in total. The van der Waals surface area contributed by atoms with Crippen LogP contribution in [0.4, 0.5) is 5.82 Å².